The molecule has 4 heteroatoms. The molecule has 0 bridgehead atoms. The Bertz CT molecular complexity index is 250. The van der Waals surface area contributed by atoms with E-state index < -0.39 is 5.60 Å². The van der Waals surface area contributed by atoms with Crippen LogP contribution in [0.4, 0.5) is 4.79 Å². The van der Waals surface area contributed by atoms with Gasteiger partial charge in [0.2, 0.25) is 0 Å². The largest absolute Gasteiger partial charge is 0.444 e. The van der Waals surface area contributed by atoms with E-state index in [2.05, 4.69) is 22.9 Å². The molecular formula is C12H22BrNO2. The van der Waals surface area contributed by atoms with Gasteiger partial charge in [-0.25, -0.2) is 4.79 Å². The Morgan fingerprint density at radius 2 is 2.12 bits per heavy atom. The van der Waals surface area contributed by atoms with Crippen LogP contribution < -0.4 is 0 Å². The molecule has 0 radical (unpaired) electrons. The van der Waals surface area contributed by atoms with Crippen molar-refractivity contribution in [2.75, 3.05) is 18.4 Å². The van der Waals surface area contributed by atoms with Gasteiger partial charge >= 0.3 is 6.09 Å². The fourth-order valence-electron chi connectivity index (χ4n) is 1.84. The average Bonchev–Trinajstić information content (AvgIpc) is 2.15. The first-order valence-electron chi connectivity index (χ1n) is 5.87. The van der Waals surface area contributed by atoms with E-state index in [4.69, 9.17) is 4.74 Å². The zero-order valence-corrected chi connectivity index (χ0v) is 12.2. The van der Waals surface area contributed by atoms with Gasteiger partial charge < -0.3 is 9.64 Å². The molecule has 3 nitrogen and oxygen atoms in total. The minimum absolute atomic E-state index is 0.176. The third kappa shape index (κ3) is 3.96. The number of carbonyl (C=O) groups excluding carboxylic acids is 1. The molecule has 0 spiro atoms. The van der Waals surface area contributed by atoms with Gasteiger partial charge in [0.15, 0.2) is 0 Å². The van der Waals surface area contributed by atoms with Gasteiger partial charge in [-0.3, -0.25) is 0 Å². The highest BCUT2D eigenvalue weighted by molar-refractivity contribution is 9.09. The predicted molar refractivity (Wildman–Crippen MR) is 68.9 cm³/mol. The fraction of sp³-hybridized carbons (Fsp3) is 0.917. The van der Waals surface area contributed by atoms with Crippen LogP contribution in [-0.2, 0) is 4.74 Å². The molecule has 2 atom stereocenters. The van der Waals surface area contributed by atoms with Gasteiger partial charge in [0.05, 0.1) is 0 Å². The van der Waals surface area contributed by atoms with E-state index in [1.54, 1.807) is 0 Å². The highest BCUT2D eigenvalue weighted by Gasteiger charge is 2.30. The smallest absolute Gasteiger partial charge is 0.410 e. The second kappa shape index (κ2) is 5.39. The normalized spacial score (nSPS) is 26.7. The molecule has 1 fully saturated rings. The topological polar surface area (TPSA) is 29.5 Å². The molecule has 1 rings (SSSR count). The second-order valence-corrected chi connectivity index (χ2v) is 6.25. The Kier molecular flexibility index (Phi) is 4.65. The van der Waals surface area contributed by atoms with Crippen molar-refractivity contribution in [3.8, 4) is 0 Å². The summed E-state index contributed by atoms with van der Waals surface area (Å²) in [6, 6.07) is 0. The second-order valence-electron chi connectivity index (χ2n) is 5.61. The van der Waals surface area contributed by atoms with Crippen molar-refractivity contribution in [2.45, 2.75) is 39.7 Å². The van der Waals surface area contributed by atoms with Crippen LogP contribution in [0.2, 0.25) is 0 Å². The van der Waals surface area contributed by atoms with Crippen molar-refractivity contribution < 1.29 is 9.53 Å². The molecule has 0 saturated carbocycles. The van der Waals surface area contributed by atoms with Crippen LogP contribution >= 0.6 is 15.9 Å². The van der Waals surface area contributed by atoms with Gasteiger partial charge in [-0.05, 0) is 39.0 Å². The van der Waals surface area contributed by atoms with E-state index >= 15 is 0 Å². The molecule has 16 heavy (non-hydrogen) atoms. The molecule has 0 aromatic heterocycles. The maximum atomic E-state index is 11.9. The van der Waals surface area contributed by atoms with Crippen molar-refractivity contribution in [3.63, 3.8) is 0 Å². The molecule has 1 amide bonds. The summed E-state index contributed by atoms with van der Waals surface area (Å²) in [6.07, 6.45) is 0.889. The Morgan fingerprint density at radius 3 is 2.62 bits per heavy atom. The van der Waals surface area contributed by atoms with Crippen molar-refractivity contribution >= 4 is 22.0 Å². The molecular weight excluding hydrogens is 270 g/mol. The van der Waals surface area contributed by atoms with Crippen molar-refractivity contribution in [1.29, 1.82) is 0 Å². The van der Waals surface area contributed by atoms with Crippen LogP contribution in [0.3, 0.4) is 0 Å². The number of hydrogen-bond acceptors (Lipinski definition) is 2. The monoisotopic (exact) mass is 291 g/mol. The molecule has 0 N–H and O–H groups in total. The maximum Gasteiger partial charge on any atom is 0.410 e. The summed E-state index contributed by atoms with van der Waals surface area (Å²) in [5.41, 5.74) is -0.399. The Labute approximate surface area is 107 Å². The first kappa shape index (κ1) is 13.8. The van der Waals surface area contributed by atoms with Gasteiger partial charge in [0.1, 0.15) is 5.60 Å². The standard InChI is InChI=1S/C12H22BrNO2/c1-9-5-6-14(8-10(9)7-13)11(15)16-12(2,3)4/h9-10H,5-8H2,1-4H3/t9-,10+/m0/s1. The van der Waals surface area contributed by atoms with E-state index in [9.17, 15) is 4.79 Å². The van der Waals surface area contributed by atoms with Gasteiger partial charge in [0.25, 0.3) is 0 Å². The molecule has 1 heterocycles. The number of carbonyl (C=O) groups is 1. The minimum atomic E-state index is -0.399. The summed E-state index contributed by atoms with van der Waals surface area (Å²) >= 11 is 3.51. The van der Waals surface area contributed by atoms with E-state index in [1.807, 2.05) is 25.7 Å². The third-order valence-corrected chi connectivity index (χ3v) is 3.80. The van der Waals surface area contributed by atoms with E-state index in [0.717, 1.165) is 24.8 Å². The maximum absolute atomic E-state index is 11.9. The summed E-state index contributed by atoms with van der Waals surface area (Å²) in [4.78, 5) is 13.7. The van der Waals surface area contributed by atoms with Crippen molar-refractivity contribution in [2.24, 2.45) is 11.8 Å². The summed E-state index contributed by atoms with van der Waals surface area (Å²) in [5.74, 6) is 1.22. The van der Waals surface area contributed by atoms with Crippen molar-refractivity contribution in [1.82, 2.24) is 4.90 Å². The van der Waals surface area contributed by atoms with Crippen LogP contribution in [0.5, 0.6) is 0 Å². The molecule has 1 saturated heterocycles. The lowest BCUT2D eigenvalue weighted by Crippen LogP contribution is -2.45. The Morgan fingerprint density at radius 1 is 1.50 bits per heavy atom. The zero-order chi connectivity index (χ0) is 12.3. The lowest BCUT2D eigenvalue weighted by Gasteiger charge is -2.37. The zero-order valence-electron chi connectivity index (χ0n) is 10.6. The lowest BCUT2D eigenvalue weighted by atomic mass is 9.89. The Balaban J connectivity index is 2.52. The number of nitrogens with zero attached hydrogens (tertiary/aromatic N) is 1. The highest BCUT2D eigenvalue weighted by Crippen LogP contribution is 2.25. The van der Waals surface area contributed by atoms with Gasteiger partial charge in [-0.15, -0.1) is 0 Å². The average molecular weight is 292 g/mol. The first-order chi connectivity index (χ1) is 7.33. The molecule has 0 unspecified atom stereocenters. The third-order valence-electron chi connectivity index (χ3n) is 2.96. The molecule has 94 valence electrons. The van der Waals surface area contributed by atoms with E-state index in [-0.39, 0.29) is 6.09 Å². The lowest BCUT2D eigenvalue weighted by molar-refractivity contribution is 0.0132. The molecule has 0 aromatic rings. The number of alkyl halides is 1. The quantitative estimate of drug-likeness (QED) is 0.694. The summed E-state index contributed by atoms with van der Waals surface area (Å²) < 4.78 is 5.38. The van der Waals surface area contributed by atoms with Crippen LogP contribution in [0.15, 0.2) is 0 Å². The number of amides is 1. The van der Waals surface area contributed by atoms with E-state index in [0.29, 0.717) is 11.8 Å². The first-order valence-corrected chi connectivity index (χ1v) is 6.99. The van der Waals surface area contributed by atoms with Crippen LogP contribution in [0.25, 0.3) is 0 Å². The number of likely N-dealkylation sites (tertiary alicyclic amines) is 1. The molecule has 0 aromatic carbocycles. The van der Waals surface area contributed by atoms with Gasteiger partial charge in [-0.2, -0.15) is 0 Å². The number of halogens is 1. The van der Waals surface area contributed by atoms with Gasteiger partial charge in [-0.1, -0.05) is 22.9 Å². The molecule has 0 aliphatic carbocycles. The van der Waals surface area contributed by atoms with Crippen LogP contribution in [0.1, 0.15) is 34.1 Å². The highest BCUT2D eigenvalue weighted by atomic mass is 79.9. The molecule has 1 aliphatic rings. The summed E-state index contributed by atoms with van der Waals surface area (Å²) in [5, 5.41) is 0.952. The van der Waals surface area contributed by atoms with Crippen molar-refractivity contribution in [3.05, 3.63) is 0 Å². The van der Waals surface area contributed by atoms with Crippen LogP contribution in [-0.4, -0.2) is 35.0 Å². The number of rotatable bonds is 1. The molecule has 1 aliphatic heterocycles. The van der Waals surface area contributed by atoms with E-state index in [1.165, 1.54) is 0 Å². The predicted octanol–water partition coefficient (Wildman–Crippen LogP) is 3.27. The summed E-state index contributed by atoms with van der Waals surface area (Å²) in [6.45, 7) is 9.58. The summed E-state index contributed by atoms with van der Waals surface area (Å²) in [7, 11) is 0. The Hall–Kier alpha value is -0.250. The number of hydrogen-bond donors (Lipinski definition) is 0. The minimum Gasteiger partial charge on any atom is -0.444 e. The number of piperidine rings is 1. The SMILES string of the molecule is C[C@H]1CCN(C(=O)OC(C)(C)C)C[C@H]1CBr. The van der Waals surface area contributed by atoms with Gasteiger partial charge in [0, 0.05) is 18.4 Å². The van der Waals surface area contributed by atoms with Crippen LogP contribution in [0, 0.1) is 11.8 Å². The number of ether oxygens (including phenoxy) is 1. The fourth-order valence-corrected chi connectivity index (χ4v) is 2.69.